The van der Waals surface area contributed by atoms with Crippen LogP contribution in [0.4, 0.5) is 13.2 Å². The van der Waals surface area contributed by atoms with E-state index in [-0.39, 0.29) is 0 Å². The molecule has 10 heteroatoms. The molecule has 0 aromatic carbocycles. The predicted molar refractivity (Wildman–Crippen MR) is 99.1 cm³/mol. The molecule has 3 heterocycles. The van der Waals surface area contributed by atoms with E-state index < -0.39 is 12.1 Å². The lowest BCUT2D eigenvalue weighted by Crippen LogP contribution is -2.29. The normalized spacial score (nSPS) is 17.4. The van der Waals surface area contributed by atoms with Gasteiger partial charge in [-0.25, -0.2) is 4.79 Å². The molecule has 0 amide bonds. The van der Waals surface area contributed by atoms with E-state index in [1.807, 2.05) is 17.5 Å². The molecule has 0 fully saturated rings. The number of fused-ring (bicyclic) bond motifs is 1. The molecule has 156 valence electrons. The van der Waals surface area contributed by atoms with Crippen molar-refractivity contribution in [1.82, 2.24) is 14.7 Å². The summed E-state index contributed by atoms with van der Waals surface area (Å²) in [7, 11) is 0. The molecule has 6 nitrogen and oxygen atoms in total. The topological polar surface area (TPSA) is 67.6 Å². The Morgan fingerprint density at radius 1 is 1.36 bits per heavy atom. The van der Waals surface area contributed by atoms with Gasteiger partial charge in [-0.2, -0.15) is 18.3 Å². The number of aryl methyl sites for hydroxylation is 1. The molecule has 2 aromatic rings. The molecular formula is C18H24F3N3O3S. The summed E-state index contributed by atoms with van der Waals surface area (Å²) in [6.45, 7) is 9.85. The molecule has 2 aromatic heterocycles. The fraction of sp³-hybridized carbons (Fsp3) is 0.556. The molecule has 1 N–H and O–H groups in total. The summed E-state index contributed by atoms with van der Waals surface area (Å²) < 4.78 is 39.5. The lowest BCUT2D eigenvalue weighted by atomic mass is 10.1. The Hall–Kier alpha value is -1.91. The summed E-state index contributed by atoms with van der Waals surface area (Å²) in [5.74, 6) is -2.25. The van der Waals surface area contributed by atoms with Gasteiger partial charge in [-0.05, 0) is 32.0 Å². The minimum atomic E-state index is -5.08. The first kappa shape index (κ1) is 22.4. The van der Waals surface area contributed by atoms with Gasteiger partial charge < -0.3 is 9.84 Å². The highest BCUT2D eigenvalue weighted by Gasteiger charge is 2.38. The number of carboxylic acids is 1. The third kappa shape index (κ3) is 6.92. The molecule has 1 atom stereocenters. The molecule has 0 saturated carbocycles. The van der Waals surface area contributed by atoms with E-state index in [0.717, 1.165) is 39.4 Å². The lowest BCUT2D eigenvalue weighted by molar-refractivity contribution is -0.192. The van der Waals surface area contributed by atoms with Crippen molar-refractivity contribution < 1.29 is 27.8 Å². The van der Waals surface area contributed by atoms with Crippen LogP contribution in [0.3, 0.4) is 0 Å². The number of aromatic nitrogens is 2. The quantitative estimate of drug-likeness (QED) is 0.803. The number of alkyl halides is 3. The van der Waals surface area contributed by atoms with Gasteiger partial charge in [0.1, 0.15) is 0 Å². The fourth-order valence-electron chi connectivity index (χ4n) is 2.92. The van der Waals surface area contributed by atoms with Gasteiger partial charge in [0.25, 0.3) is 0 Å². The number of rotatable bonds is 5. The van der Waals surface area contributed by atoms with E-state index >= 15 is 0 Å². The van der Waals surface area contributed by atoms with Gasteiger partial charge in [0.2, 0.25) is 0 Å². The first-order valence-electron chi connectivity index (χ1n) is 8.85. The lowest BCUT2D eigenvalue weighted by Gasteiger charge is -2.23. The molecule has 0 radical (unpaired) electrons. The standard InChI is InChI=1S/C16H23N3OS.C2HF3O2/c1-3-20-12-14-8-18(11-16-5-4-13(2)21-16)10-15-6-7-17-19(15)9-14;3-2(4,5)1(6)7/h4-7,14H,3,8-12H2,1-2H3;(H,6,7). The Kier molecular flexibility index (Phi) is 8.02. The first-order valence-corrected chi connectivity index (χ1v) is 9.67. The third-order valence-corrected chi connectivity index (χ3v) is 5.10. The Balaban J connectivity index is 0.000000345. The van der Waals surface area contributed by atoms with Crippen LogP contribution in [0.15, 0.2) is 24.4 Å². The zero-order chi connectivity index (χ0) is 20.7. The van der Waals surface area contributed by atoms with Gasteiger partial charge in [-0.3, -0.25) is 9.58 Å². The maximum atomic E-state index is 10.6. The minimum Gasteiger partial charge on any atom is -0.475 e. The van der Waals surface area contributed by atoms with E-state index in [9.17, 15) is 13.2 Å². The van der Waals surface area contributed by atoms with Crippen molar-refractivity contribution in [2.75, 3.05) is 19.8 Å². The van der Waals surface area contributed by atoms with Crippen LogP contribution in [0.2, 0.25) is 0 Å². The highest BCUT2D eigenvalue weighted by atomic mass is 32.1. The Morgan fingerprint density at radius 3 is 2.64 bits per heavy atom. The maximum absolute atomic E-state index is 10.6. The predicted octanol–water partition coefficient (Wildman–Crippen LogP) is 3.55. The fourth-order valence-corrected chi connectivity index (χ4v) is 3.85. The van der Waals surface area contributed by atoms with Crippen LogP contribution >= 0.6 is 11.3 Å². The van der Waals surface area contributed by atoms with Gasteiger partial charge in [0.05, 0.1) is 12.3 Å². The van der Waals surface area contributed by atoms with Crippen LogP contribution in [0.5, 0.6) is 0 Å². The summed E-state index contributed by atoms with van der Waals surface area (Å²) in [5, 5.41) is 11.6. The molecule has 1 aliphatic heterocycles. The van der Waals surface area contributed by atoms with E-state index in [1.165, 1.54) is 15.4 Å². The smallest absolute Gasteiger partial charge is 0.475 e. The van der Waals surface area contributed by atoms with Gasteiger partial charge in [-0.1, -0.05) is 0 Å². The second-order valence-corrected chi connectivity index (χ2v) is 7.89. The van der Waals surface area contributed by atoms with Gasteiger partial charge >= 0.3 is 12.1 Å². The van der Waals surface area contributed by atoms with Crippen molar-refractivity contribution >= 4 is 17.3 Å². The van der Waals surface area contributed by atoms with E-state index in [4.69, 9.17) is 14.6 Å². The number of hydrogen-bond acceptors (Lipinski definition) is 5. The van der Waals surface area contributed by atoms with E-state index in [2.05, 4.69) is 46.7 Å². The van der Waals surface area contributed by atoms with Crippen molar-refractivity contribution in [3.8, 4) is 0 Å². The molecule has 1 aliphatic rings. The van der Waals surface area contributed by atoms with Crippen LogP contribution in [-0.2, 0) is 29.2 Å². The van der Waals surface area contributed by atoms with Crippen molar-refractivity contribution in [3.63, 3.8) is 0 Å². The number of carboxylic acid groups (broad SMARTS) is 1. The summed E-state index contributed by atoms with van der Waals surface area (Å²) in [6, 6.07) is 6.59. The number of aliphatic carboxylic acids is 1. The van der Waals surface area contributed by atoms with Crippen LogP contribution in [0.1, 0.15) is 22.4 Å². The highest BCUT2D eigenvalue weighted by molar-refractivity contribution is 7.11. The van der Waals surface area contributed by atoms with Crippen molar-refractivity contribution in [2.24, 2.45) is 5.92 Å². The van der Waals surface area contributed by atoms with Crippen LogP contribution in [0.25, 0.3) is 0 Å². The maximum Gasteiger partial charge on any atom is 0.490 e. The zero-order valence-corrected chi connectivity index (χ0v) is 16.6. The Labute approximate surface area is 165 Å². The van der Waals surface area contributed by atoms with Crippen molar-refractivity contribution in [2.45, 2.75) is 39.7 Å². The Bertz CT molecular complexity index is 761. The molecule has 0 saturated heterocycles. The average Bonchev–Trinajstić information content (AvgIpc) is 3.17. The Morgan fingerprint density at radius 2 is 2.07 bits per heavy atom. The summed E-state index contributed by atoms with van der Waals surface area (Å²) in [4.78, 5) is 14.2. The minimum absolute atomic E-state index is 0.507. The van der Waals surface area contributed by atoms with Crippen molar-refractivity contribution in [1.29, 1.82) is 0 Å². The highest BCUT2D eigenvalue weighted by Crippen LogP contribution is 2.22. The second kappa shape index (κ2) is 10.0. The molecular weight excluding hydrogens is 395 g/mol. The summed E-state index contributed by atoms with van der Waals surface area (Å²) in [6.07, 6.45) is -3.17. The van der Waals surface area contributed by atoms with Gasteiger partial charge in [0, 0.05) is 54.7 Å². The van der Waals surface area contributed by atoms with Crippen LogP contribution in [0, 0.1) is 12.8 Å². The number of nitrogens with zero attached hydrogens (tertiary/aromatic N) is 3. The molecule has 0 spiro atoms. The molecule has 0 aliphatic carbocycles. The third-order valence-electron chi connectivity index (χ3n) is 4.11. The monoisotopic (exact) mass is 419 g/mol. The van der Waals surface area contributed by atoms with E-state index in [0.29, 0.717) is 5.92 Å². The molecule has 28 heavy (non-hydrogen) atoms. The van der Waals surface area contributed by atoms with E-state index in [1.54, 1.807) is 0 Å². The van der Waals surface area contributed by atoms with Crippen LogP contribution in [-0.4, -0.2) is 51.7 Å². The first-order chi connectivity index (χ1) is 13.2. The largest absolute Gasteiger partial charge is 0.490 e. The number of ether oxygens (including phenoxy) is 1. The van der Waals surface area contributed by atoms with Gasteiger partial charge in [0.15, 0.2) is 0 Å². The molecule has 0 bridgehead atoms. The zero-order valence-electron chi connectivity index (χ0n) is 15.8. The van der Waals surface area contributed by atoms with Crippen LogP contribution < -0.4 is 0 Å². The second-order valence-electron chi connectivity index (χ2n) is 6.52. The molecule has 3 rings (SSSR count). The van der Waals surface area contributed by atoms with Gasteiger partial charge in [-0.15, -0.1) is 11.3 Å². The number of thiophene rings is 1. The number of carbonyl (C=O) groups is 1. The number of hydrogen-bond donors (Lipinski definition) is 1. The molecule has 1 unspecified atom stereocenters. The summed E-state index contributed by atoms with van der Waals surface area (Å²) in [5.41, 5.74) is 1.31. The summed E-state index contributed by atoms with van der Waals surface area (Å²) >= 11 is 1.90. The number of halogens is 3. The van der Waals surface area contributed by atoms with Crippen molar-refractivity contribution in [3.05, 3.63) is 39.8 Å². The SMILES string of the molecule is CCOCC1CN(Cc2ccc(C)s2)Cc2ccnn2C1.O=C(O)C(F)(F)F. The average molecular weight is 419 g/mol.